The minimum Gasteiger partial charge on any atom is -0.465 e. The maximum absolute atomic E-state index is 11.5. The van der Waals surface area contributed by atoms with Crippen LogP contribution < -0.4 is 0 Å². The number of rotatable bonds is 6. The molecule has 1 fully saturated rings. The number of esters is 1. The molecular weight excluding hydrogens is 206 g/mol. The second kappa shape index (κ2) is 7.63. The number of carbonyl (C=O) groups excluding carboxylic acids is 1. The monoisotopic (exact) mass is 229 g/mol. The molecule has 1 aliphatic rings. The fourth-order valence-electron chi connectivity index (χ4n) is 1.67. The predicted molar refractivity (Wildman–Crippen MR) is 62.3 cm³/mol. The fourth-order valence-corrected chi connectivity index (χ4v) is 1.67. The minimum absolute atomic E-state index is 0.106. The second-order valence-corrected chi connectivity index (χ2v) is 4.65. The lowest BCUT2D eigenvalue weighted by Gasteiger charge is -2.25. The number of nitrogens with zero attached hydrogens (tertiary/aromatic N) is 1. The molecule has 1 saturated heterocycles. The number of ether oxygens (including phenoxy) is 2. The molecule has 16 heavy (non-hydrogen) atoms. The van der Waals surface area contributed by atoms with Gasteiger partial charge in [-0.2, -0.15) is 0 Å². The zero-order valence-electron chi connectivity index (χ0n) is 10.4. The minimum atomic E-state index is -0.106. The van der Waals surface area contributed by atoms with Crippen molar-refractivity contribution in [2.24, 2.45) is 5.92 Å². The van der Waals surface area contributed by atoms with E-state index in [0.29, 0.717) is 19.1 Å². The Morgan fingerprint density at radius 2 is 2.06 bits per heavy atom. The third-order valence-corrected chi connectivity index (χ3v) is 2.65. The number of hydrogen-bond donors (Lipinski definition) is 0. The molecule has 1 heterocycles. The number of carbonyl (C=O) groups is 1. The first-order chi connectivity index (χ1) is 7.68. The lowest BCUT2D eigenvalue weighted by atomic mass is 10.1. The predicted octanol–water partition coefficient (Wildman–Crippen LogP) is 1.30. The van der Waals surface area contributed by atoms with E-state index < -0.39 is 0 Å². The zero-order chi connectivity index (χ0) is 11.8. The summed E-state index contributed by atoms with van der Waals surface area (Å²) in [5, 5.41) is 0. The van der Waals surface area contributed by atoms with E-state index in [-0.39, 0.29) is 5.97 Å². The van der Waals surface area contributed by atoms with Crippen molar-refractivity contribution in [1.82, 2.24) is 4.90 Å². The topological polar surface area (TPSA) is 38.8 Å². The van der Waals surface area contributed by atoms with Gasteiger partial charge < -0.3 is 9.47 Å². The summed E-state index contributed by atoms with van der Waals surface area (Å²) < 4.78 is 10.4. The van der Waals surface area contributed by atoms with E-state index in [4.69, 9.17) is 9.47 Å². The summed E-state index contributed by atoms with van der Waals surface area (Å²) in [6.07, 6.45) is 2.08. The largest absolute Gasteiger partial charge is 0.465 e. The van der Waals surface area contributed by atoms with Crippen molar-refractivity contribution in [3.63, 3.8) is 0 Å². The van der Waals surface area contributed by atoms with Crippen molar-refractivity contribution in [1.29, 1.82) is 0 Å². The van der Waals surface area contributed by atoms with E-state index in [1.54, 1.807) is 0 Å². The van der Waals surface area contributed by atoms with Gasteiger partial charge in [-0.25, -0.2) is 0 Å². The van der Waals surface area contributed by atoms with E-state index in [1.165, 1.54) is 0 Å². The summed E-state index contributed by atoms with van der Waals surface area (Å²) >= 11 is 0. The van der Waals surface area contributed by atoms with Crippen LogP contribution in [0, 0.1) is 5.92 Å². The van der Waals surface area contributed by atoms with Crippen LogP contribution in [0.15, 0.2) is 0 Å². The van der Waals surface area contributed by atoms with Crippen molar-refractivity contribution in [3.05, 3.63) is 0 Å². The summed E-state index contributed by atoms with van der Waals surface area (Å²) in [6.45, 7) is 8.43. The molecule has 0 atom stereocenters. The Morgan fingerprint density at radius 3 is 2.69 bits per heavy atom. The van der Waals surface area contributed by atoms with Crippen molar-refractivity contribution < 1.29 is 14.3 Å². The first-order valence-electron chi connectivity index (χ1n) is 6.14. The van der Waals surface area contributed by atoms with Crippen LogP contribution >= 0.6 is 0 Å². The Labute approximate surface area is 97.9 Å². The van der Waals surface area contributed by atoms with Gasteiger partial charge in [0.1, 0.15) is 0 Å². The van der Waals surface area contributed by atoms with E-state index in [1.807, 2.05) is 0 Å². The Kier molecular flexibility index (Phi) is 6.42. The van der Waals surface area contributed by atoms with Crippen LogP contribution in [0.5, 0.6) is 0 Å². The maximum Gasteiger partial charge on any atom is 0.320 e. The van der Waals surface area contributed by atoms with Crippen molar-refractivity contribution in [3.8, 4) is 0 Å². The molecule has 0 aromatic carbocycles. The van der Waals surface area contributed by atoms with E-state index >= 15 is 0 Å². The molecule has 0 radical (unpaired) electrons. The fraction of sp³-hybridized carbons (Fsp3) is 0.917. The highest BCUT2D eigenvalue weighted by molar-refractivity contribution is 5.71. The molecule has 1 rings (SSSR count). The van der Waals surface area contributed by atoms with Gasteiger partial charge in [0, 0.05) is 13.1 Å². The van der Waals surface area contributed by atoms with Crippen LogP contribution in [0.1, 0.15) is 26.7 Å². The van der Waals surface area contributed by atoms with Gasteiger partial charge in [0.05, 0.1) is 26.4 Å². The third kappa shape index (κ3) is 6.08. The molecule has 1 aliphatic heterocycles. The van der Waals surface area contributed by atoms with Gasteiger partial charge in [0.15, 0.2) is 0 Å². The summed E-state index contributed by atoms with van der Waals surface area (Å²) in [7, 11) is 0. The SMILES string of the molecule is CC(C)CCCOC(=O)CN1CCOCC1. The quantitative estimate of drug-likeness (QED) is 0.508. The van der Waals surface area contributed by atoms with Crippen molar-refractivity contribution in [2.75, 3.05) is 39.5 Å². The molecule has 0 amide bonds. The van der Waals surface area contributed by atoms with Crippen LogP contribution in [0.25, 0.3) is 0 Å². The molecule has 0 aromatic heterocycles. The molecule has 0 unspecified atom stereocenters. The van der Waals surface area contributed by atoms with E-state index in [0.717, 1.165) is 39.1 Å². The van der Waals surface area contributed by atoms with E-state index in [2.05, 4.69) is 18.7 Å². The molecule has 0 N–H and O–H groups in total. The first-order valence-corrected chi connectivity index (χ1v) is 6.14. The van der Waals surface area contributed by atoms with Gasteiger partial charge in [-0.3, -0.25) is 9.69 Å². The molecule has 94 valence electrons. The standard InChI is InChI=1S/C12H23NO3/c1-11(2)4-3-7-16-12(14)10-13-5-8-15-9-6-13/h11H,3-10H2,1-2H3. The van der Waals surface area contributed by atoms with Crippen molar-refractivity contribution in [2.45, 2.75) is 26.7 Å². The van der Waals surface area contributed by atoms with Crippen molar-refractivity contribution >= 4 is 5.97 Å². The normalized spacial score (nSPS) is 17.7. The van der Waals surface area contributed by atoms with Gasteiger partial charge in [-0.15, -0.1) is 0 Å². The third-order valence-electron chi connectivity index (χ3n) is 2.65. The summed E-state index contributed by atoms with van der Waals surface area (Å²) in [6, 6.07) is 0. The molecule has 0 saturated carbocycles. The lowest BCUT2D eigenvalue weighted by Crippen LogP contribution is -2.40. The smallest absolute Gasteiger partial charge is 0.320 e. The number of hydrogen-bond acceptors (Lipinski definition) is 4. The lowest BCUT2D eigenvalue weighted by molar-refractivity contribution is -0.146. The van der Waals surface area contributed by atoms with Crippen LogP contribution in [0.4, 0.5) is 0 Å². The molecule has 0 bridgehead atoms. The highest BCUT2D eigenvalue weighted by Crippen LogP contribution is 2.03. The van der Waals surface area contributed by atoms with Gasteiger partial charge >= 0.3 is 5.97 Å². The Morgan fingerprint density at radius 1 is 1.38 bits per heavy atom. The summed E-state index contributed by atoms with van der Waals surface area (Å²) in [5.41, 5.74) is 0. The second-order valence-electron chi connectivity index (χ2n) is 4.65. The Balaban J connectivity index is 2.01. The maximum atomic E-state index is 11.5. The summed E-state index contributed by atoms with van der Waals surface area (Å²) in [5.74, 6) is 0.573. The highest BCUT2D eigenvalue weighted by atomic mass is 16.5. The van der Waals surface area contributed by atoms with Crippen LogP contribution in [0.2, 0.25) is 0 Å². The average molecular weight is 229 g/mol. The van der Waals surface area contributed by atoms with Crippen LogP contribution in [-0.2, 0) is 14.3 Å². The molecule has 4 nitrogen and oxygen atoms in total. The molecule has 0 aliphatic carbocycles. The van der Waals surface area contributed by atoms with Gasteiger partial charge in [-0.1, -0.05) is 13.8 Å². The molecule has 0 aromatic rings. The zero-order valence-corrected chi connectivity index (χ0v) is 10.4. The van der Waals surface area contributed by atoms with Gasteiger partial charge in [0.25, 0.3) is 0 Å². The summed E-state index contributed by atoms with van der Waals surface area (Å²) in [4.78, 5) is 13.5. The molecular formula is C12H23NO3. The van der Waals surface area contributed by atoms with Gasteiger partial charge in [0.2, 0.25) is 0 Å². The first kappa shape index (κ1) is 13.5. The number of morpholine rings is 1. The molecule has 4 heteroatoms. The Hall–Kier alpha value is -0.610. The van der Waals surface area contributed by atoms with Crippen LogP contribution in [0.3, 0.4) is 0 Å². The Bertz CT molecular complexity index is 200. The van der Waals surface area contributed by atoms with Gasteiger partial charge in [-0.05, 0) is 18.8 Å². The van der Waals surface area contributed by atoms with E-state index in [9.17, 15) is 4.79 Å². The van der Waals surface area contributed by atoms with Crippen LogP contribution in [-0.4, -0.2) is 50.3 Å². The molecule has 0 spiro atoms. The highest BCUT2D eigenvalue weighted by Gasteiger charge is 2.14. The average Bonchev–Trinajstić information content (AvgIpc) is 2.25.